The van der Waals surface area contributed by atoms with Gasteiger partial charge < -0.3 is 9.97 Å². The fourth-order valence-electron chi connectivity index (χ4n) is 3.99. The molecule has 4 heterocycles. The van der Waals surface area contributed by atoms with Crippen LogP contribution in [0.5, 0.6) is 0 Å². The maximum atomic E-state index is 4.65. The standard InChI is InChI=1S/C21H23N7/c1-14-4-3-5-17(8-14)28-10-16(9-26-28)21-20-18(23-13-25-20)6-7-27(21)11-19-15(2)22-12-24-19/h3-5,8-10,12-13,21H,6-7,11H2,1-2H3,(H,22,24)(H,23,25). The van der Waals surface area contributed by atoms with Crippen LogP contribution in [-0.4, -0.2) is 41.2 Å². The summed E-state index contributed by atoms with van der Waals surface area (Å²) in [5.41, 5.74) is 7.92. The summed E-state index contributed by atoms with van der Waals surface area (Å²) in [6.07, 6.45) is 8.60. The monoisotopic (exact) mass is 373 g/mol. The molecule has 0 radical (unpaired) electrons. The fraction of sp³-hybridized carbons (Fsp3) is 0.286. The van der Waals surface area contributed by atoms with Crippen LogP contribution in [0.2, 0.25) is 0 Å². The molecule has 4 aromatic rings. The molecule has 28 heavy (non-hydrogen) atoms. The van der Waals surface area contributed by atoms with Crippen molar-refractivity contribution >= 4 is 0 Å². The van der Waals surface area contributed by atoms with Crippen LogP contribution in [0.1, 0.15) is 39.9 Å². The Balaban J connectivity index is 1.52. The van der Waals surface area contributed by atoms with Gasteiger partial charge in [0.05, 0.1) is 42.0 Å². The van der Waals surface area contributed by atoms with Crippen LogP contribution in [0.15, 0.2) is 49.3 Å². The van der Waals surface area contributed by atoms with Crippen molar-refractivity contribution in [3.05, 3.63) is 83.2 Å². The lowest BCUT2D eigenvalue weighted by Gasteiger charge is -2.34. The Morgan fingerprint density at radius 2 is 2.04 bits per heavy atom. The SMILES string of the molecule is Cc1cccc(-n2cc(C3c4nc[nH]c4CCN3Cc3nc[nH]c3C)cn2)c1. The number of aromatic nitrogens is 6. The molecular weight excluding hydrogens is 350 g/mol. The van der Waals surface area contributed by atoms with E-state index in [9.17, 15) is 0 Å². The Hall–Kier alpha value is -3.19. The summed E-state index contributed by atoms with van der Waals surface area (Å²) in [5, 5.41) is 4.64. The number of imidazole rings is 2. The van der Waals surface area contributed by atoms with Gasteiger partial charge in [0.2, 0.25) is 0 Å². The lowest BCUT2D eigenvalue weighted by atomic mass is 9.97. The molecule has 1 atom stereocenters. The van der Waals surface area contributed by atoms with Crippen LogP contribution in [0.4, 0.5) is 0 Å². The van der Waals surface area contributed by atoms with E-state index in [4.69, 9.17) is 0 Å². The summed E-state index contributed by atoms with van der Waals surface area (Å²) >= 11 is 0. The molecule has 5 rings (SSSR count). The first-order valence-corrected chi connectivity index (χ1v) is 9.55. The zero-order valence-corrected chi connectivity index (χ0v) is 16.1. The highest BCUT2D eigenvalue weighted by Gasteiger charge is 2.32. The average molecular weight is 373 g/mol. The summed E-state index contributed by atoms with van der Waals surface area (Å²) in [6, 6.07) is 8.44. The molecule has 7 heteroatoms. The molecule has 0 aliphatic carbocycles. The average Bonchev–Trinajstić information content (AvgIpc) is 3.43. The number of aryl methyl sites for hydroxylation is 2. The quantitative estimate of drug-likeness (QED) is 0.576. The highest BCUT2D eigenvalue weighted by atomic mass is 15.3. The van der Waals surface area contributed by atoms with Crippen molar-refractivity contribution in [2.45, 2.75) is 32.9 Å². The van der Waals surface area contributed by atoms with Gasteiger partial charge in [-0.2, -0.15) is 5.10 Å². The Bertz CT molecular complexity index is 1100. The first kappa shape index (κ1) is 16.9. The van der Waals surface area contributed by atoms with E-state index in [0.717, 1.165) is 47.8 Å². The van der Waals surface area contributed by atoms with Crippen LogP contribution in [-0.2, 0) is 13.0 Å². The lowest BCUT2D eigenvalue weighted by Crippen LogP contribution is -2.36. The second kappa shape index (κ2) is 6.76. The van der Waals surface area contributed by atoms with Crippen molar-refractivity contribution in [1.82, 2.24) is 34.6 Å². The highest BCUT2D eigenvalue weighted by molar-refractivity contribution is 5.37. The third kappa shape index (κ3) is 2.93. The van der Waals surface area contributed by atoms with Gasteiger partial charge in [0.1, 0.15) is 0 Å². The van der Waals surface area contributed by atoms with E-state index in [1.807, 2.05) is 10.9 Å². The molecule has 1 aliphatic rings. The molecule has 3 aromatic heterocycles. The third-order valence-electron chi connectivity index (χ3n) is 5.50. The van der Waals surface area contributed by atoms with E-state index in [1.54, 1.807) is 12.7 Å². The van der Waals surface area contributed by atoms with E-state index < -0.39 is 0 Å². The van der Waals surface area contributed by atoms with Crippen LogP contribution in [0.25, 0.3) is 5.69 Å². The second-order valence-corrected chi connectivity index (χ2v) is 7.42. The van der Waals surface area contributed by atoms with Gasteiger partial charge in [0.15, 0.2) is 0 Å². The Labute approximate surface area is 163 Å². The maximum absolute atomic E-state index is 4.65. The minimum Gasteiger partial charge on any atom is -0.348 e. The lowest BCUT2D eigenvalue weighted by molar-refractivity contribution is 0.198. The molecule has 0 spiro atoms. The van der Waals surface area contributed by atoms with Gasteiger partial charge in [-0.25, -0.2) is 14.6 Å². The number of hydrogen-bond acceptors (Lipinski definition) is 4. The second-order valence-electron chi connectivity index (χ2n) is 7.42. The van der Waals surface area contributed by atoms with Gasteiger partial charge in [-0.3, -0.25) is 4.90 Å². The van der Waals surface area contributed by atoms with E-state index in [-0.39, 0.29) is 6.04 Å². The van der Waals surface area contributed by atoms with Gasteiger partial charge in [0, 0.05) is 42.7 Å². The molecule has 2 N–H and O–H groups in total. The Morgan fingerprint density at radius 1 is 1.14 bits per heavy atom. The van der Waals surface area contributed by atoms with Gasteiger partial charge in [-0.1, -0.05) is 12.1 Å². The fourth-order valence-corrected chi connectivity index (χ4v) is 3.99. The molecular formula is C21H23N7. The smallest absolute Gasteiger partial charge is 0.0926 e. The summed E-state index contributed by atoms with van der Waals surface area (Å²) in [6.45, 7) is 5.89. The zero-order valence-electron chi connectivity index (χ0n) is 16.1. The molecule has 0 saturated carbocycles. The summed E-state index contributed by atoms with van der Waals surface area (Å²) in [7, 11) is 0. The third-order valence-corrected chi connectivity index (χ3v) is 5.50. The molecule has 0 saturated heterocycles. The minimum absolute atomic E-state index is 0.0599. The summed E-state index contributed by atoms with van der Waals surface area (Å²) in [4.78, 5) is 18.1. The van der Waals surface area contributed by atoms with E-state index in [0.29, 0.717) is 0 Å². The predicted octanol–water partition coefficient (Wildman–Crippen LogP) is 3.08. The largest absolute Gasteiger partial charge is 0.348 e. The van der Waals surface area contributed by atoms with Crippen molar-refractivity contribution < 1.29 is 0 Å². The first-order chi connectivity index (χ1) is 13.7. The number of fused-ring (bicyclic) bond motifs is 1. The molecule has 1 aliphatic heterocycles. The van der Waals surface area contributed by atoms with Crippen molar-refractivity contribution in [1.29, 1.82) is 0 Å². The number of aromatic amines is 2. The summed E-state index contributed by atoms with van der Waals surface area (Å²) in [5.74, 6) is 0. The molecule has 1 unspecified atom stereocenters. The number of benzene rings is 1. The molecule has 0 amide bonds. The van der Waals surface area contributed by atoms with E-state index in [1.165, 1.54) is 11.3 Å². The van der Waals surface area contributed by atoms with Gasteiger partial charge in [0.25, 0.3) is 0 Å². The maximum Gasteiger partial charge on any atom is 0.0926 e. The molecule has 1 aromatic carbocycles. The Kier molecular flexibility index (Phi) is 4.09. The molecule has 7 nitrogen and oxygen atoms in total. The molecule has 0 bridgehead atoms. The number of nitrogens with one attached hydrogen (secondary N) is 2. The van der Waals surface area contributed by atoms with E-state index >= 15 is 0 Å². The molecule has 142 valence electrons. The number of H-pyrrole nitrogens is 2. The van der Waals surface area contributed by atoms with Gasteiger partial charge in [-0.15, -0.1) is 0 Å². The minimum atomic E-state index is 0.0599. The van der Waals surface area contributed by atoms with Crippen LogP contribution >= 0.6 is 0 Å². The topological polar surface area (TPSA) is 78.4 Å². The zero-order chi connectivity index (χ0) is 19.1. The van der Waals surface area contributed by atoms with Crippen LogP contribution in [0, 0.1) is 13.8 Å². The number of hydrogen-bond donors (Lipinski definition) is 2. The van der Waals surface area contributed by atoms with Crippen LogP contribution < -0.4 is 0 Å². The number of rotatable bonds is 4. The van der Waals surface area contributed by atoms with Gasteiger partial charge >= 0.3 is 0 Å². The van der Waals surface area contributed by atoms with Gasteiger partial charge in [-0.05, 0) is 31.5 Å². The molecule has 0 fully saturated rings. The van der Waals surface area contributed by atoms with Crippen molar-refractivity contribution in [2.24, 2.45) is 0 Å². The normalized spacial score (nSPS) is 17.0. The number of nitrogens with zero attached hydrogens (tertiary/aromatic N) is 5. The van der Waals surface area contributed by atoms with Crippen molar-refractivity contribution in [3.63, 3.8) is 0 Å². The first-order valence-electron chi connectivity index (χ1n) is 9.55. The Morgan fingerprint density at radius 3 is 2.86 bits per heavy atom. The van der Waals surface area contributed by atoms with Crippen LogP contribution in [0.3, 0.4) is 0 Å². The van der Waals surface area contributed by atoms with Crippen molar-refractivity contribution in [2.75, 3.05) is 6.54 Å². The highest BCUT2D eigenvalue weighted by Crippen LogP contribution is 2.34. The van der Waals surface area contributed by atoms with E-state index in [2.05, 4.69) is 74.2 Å². The van der Waals surface area contributed by atoms with Crippen molar-refractivity contribution in [3.8, 4) is 5.69 Å². The predicted molar refractivity (Wildman–Crippen MR) is 106 cm³/mol. The summed E-state index contributed by atoms with van der Waals surface area (Å²) < 4.78 is 1.95.